The third kappa shape index (κ3) is 3.02. The second-order valence-corrected chi connectivity index (χ2v) is 4.38. The van der Waals surface area contributed by atoms with E-state index < -0.39 is 0 Å². The average Bonchev–Trinajstić information content (AvgIpc) is 2.97. The molecule has 21 heavy (non-hydrogen) atoms. The maximum atomic E-state index is 13.2. The summed E-state index contributed by atoms with van der Waals surface area (Å²) in [7, 11) is 1.61. The fraction of sp³-hybridized carbons (Fsp3) is 0.0625. The average molecular weight is 284 g/mol. The summed E-state index contributed by atoms with van der Waals surface area (Å²) < 4.78 is 25.5. The van der Waals surface area contributed by atoms with E-state index in [-0.39, 0.29) is 5.82 Å². The third-order valence-electron chi connectivity index (χ3n) is 2.93. The molecular formula is C16H13FN2O2. The number of ether oxygens (including phenoxy) is 2. The molecule has 4 nitrogen and oxygen atoms in total. The number of aromatic nitrogens is 2. The molecule has 0 amide bonds. The minimum Gasteiger partial charge on any atom is -0.497 e. The largest absolute Gasteiger partial charge is 0.497 e. The van der Waals surface area contributed by atoms with Gasteiger partial charge in [0.05, 0.1) is 25.2 Å². The Labute approximate surface area is 121 Å². The molecular weight excluding hydrogens is 271 g/mol. The summed E-state index contributed by atoms with van der Waals surface area (Å²) in [5, 5.41) is 4.16. The van der Waals surface area contributed by atoms with E-state index in [0.717, 1.165) is 5.75 Å². The van der Waals surface area contributed by atoms with Crippen LogP contribution in [0.1, 0.15) is 0 Å². The Morgan fingerprint density at radius 3 is 2.48 bits per heavy atom. The van der Waals surface area contributed by atoms with Crippen LogP contribution in [0.25, 0.3) is 5.69 Å². The number of benzene rings is 2. The zero-order valence-electron chi connectivity index (χ0n) is 11.4. The molecule has 5 heteroatoms. The first-order valence-electron chi connectivity index (χ1n) is 6.37. The Bertz CT molecular complexity index is 738. The molecule has 0 aliphatic carbocycles. The predicted octanol–water partition coefficient (Wildman–Crippen LogP) is 3.81. The topological polar surface area (TPSA) is 36.3 Å². The molecule has 0 unspecified atom stereocenters. The SMILES string of the molecule is COc1ccc(Oc2cnn(-c3cccc(F)c3)c2)cc1. The highest BCUT2D eigenvalue weighted by Gasteiger charge is 2.04. The van der Waals surface area contributed by atoms with Gasteiger partial charge in [-0.25, -0.2) is 9.07 Å². The van der Waals surface area contributed by atoms with Crippen LogP contribution in [0.15, 0.2) is 60.9 Å². The van der Waals surface area contributed by atoms with Gasteiger partial charge in [-0.2, -0.15) is 5.10 Å². The minimum atomic E-state index is -0.305. The van der Waals surface area contributed by atoms with E-state index in [2.05, 4.69) is 5.10 Å². The second-order valence-electron chi connectivity index (χ2n) is 4.38. The Hall–Kier alpha value is -2.82. The molecule has 0 radical (unpaired) electrons. The van der Waals surface area contributed by atoms with Crippen molar-refractivity contribution in [2.45, 2.75) is 0 Å². The molecule has 3 aromatic rings. The van der Waals surface area contributed by atoms with Crippen LogP contribution < -0.4 is 9.47 Å². The number of hydrogen-bond donors (Lipinski definition) is 0. The summed E-state index contributed by atoms with van der Waals surface area (Å²) in [4.78, 5) is 0. The van der Waals surface area contributed by atoms with Crippen molar-refractivity contribution >= 4 is 0 Å². The summed E-state index contributed by atoms with van der Waals surface area (Å²) in [6, 6.07) is 13.4. The molecule has 0 atom stereocenters. The zero-order valence-corrected chi connectivity index (χ0v) is 11.4. The lowest BCUT2D eigenvalue weighted by Crippen LogP contribution is -1.94. The maximum absolute atomic E-state index is 13.2. The van der Waals surface area contributed by atoms with Crippen molar-refractivity contribution < 1.29 is 13.9 Å². The molecule has 0 bridgehead atoms. The van der Waals surface area contributed by atoms with Crippen LogP contribution in [0.2, 0.25) is 0 Å². The summed E-state index contributed by atoms with van der Waals surface area (Å²) in [6.45, 7) is 0. The molecule has 0 spiro atoms. The lowest BCUT2D eigenvalue weighted by molar-refractivity contribution is 0.413. The lowest BCUT2D eigenvalue weighted by Gasteiger charge is -2.04. The zero-order chi connectivity index (χ0) is 14.7. The van der Waals surface area contributed by atoms with E-state index in [1.807, 2.05) is 12.1 Å². The molecule has 0 aliphatic heterocycles. The van der Waals surface area contributed by atoms with Crippen molar-refractivity contribution in [3.05, 3.63) is 66.7 Å². The second kappa shape index (κ2) is 5.66. The quantitative estimate of drug-likeness (QED) is 0.731. The molecule has 1 heterocycles. The lowest BCUT2D eigenvalue weighted by atomic mass is 10.3. The highest BCUT2D eigenvalue weighted by molar-refractivity contribution is 5.36. The van der Waals surface area contributed by atoms with Crippen molar-refractivity contribution in [2.24, 2.45) is 0 Å². The van der Waals surface area contributed by atoms with Crippen LogP contribution in [0.3, 0.4) is 0 Å². The van der Waals surface area contributed by atoms with Crippen LogP contribution in [-0.4, -0.2) is 16.9 Å². The van der Waals surface area contributed by atoms with E-state index in [1.54, 1.807) is 48.5 Å². The fourth-order valence-corrected chi connectivity index (χ4v) is 1.90. The smallest absolute Gasteiger partial charge is 0.165 e. The van der Waals surface area contributed by atoms with Crippen molar-refractivity contribution in [3.8, 4) is 22.9 Å². The Balaban J connectivity index is 1.78. The van der Waals surface area contributed by atoms with Crippen molar-refractivity contribution in [1.82, 2.24) is 9.78 Å². The van der Waals surface area contributed by atoms with Gasteiger partial charge in [-0.3, -0.25) is 0 Å². The standard InChI is InChI=1S/C16H13FN2O2/c1-20-14-5-7-15(8-6-14)21-16-10-18-19(11-16)13-4-2-3-12(17)9-13/h2-11H,1H3. The molecule has 0 saturated heterocycles. The Kier molecular flexibility index (Phi) is 3.55. The van der Waals surface area contributed by atoms with E-state index >= 15 is 0 Å². The molecule has 0 saturated carbocycles. The first-order chi connectivity index (χ1) is 10.2. The van der Waals surface area contributed by atoms with Gasteiger partial charge in [-0.15, -0.1) is 0 Å². The summed E-state index contributed by atoms with van der Waals surface area (Å²) in [6.07, 6.45) is 3.27. The summed E-state index contributed by atoms with van der Waals surface area (Å²) >= 11 is 0. The molecule has 0 N–H and O–H groups in total. The highest BCUT2D eigenvalue weighted by Crippen LogP contribution is 2.24. The van der Waals surface area contributed by atoms with Gasteiger partial charge >= 0.3 is 0 Å². The third-order valence-corrected chi connectivity index (χ3v) is 2.93. The van der Waals surface area contributed by atoms with Gasteiger partial charge in [0.1, 0.15) is 17.3 Å². The van der Waals surface area contributed by atoms with Crippen molar-refractivity contribution in [2.75, 3.05) is 7.11 Å². The van der Waals surface area contributed by atoms with Gasteiger partial charge in [0.2, 0.25) is 0 Å². The minimum absolute atomic E-state index is 0.305. The van der Waals surface area contributed by atoms with Gasteiger partial charge in [-0.1, -0.05) is 6.07 Å². The first kappa shape index (κ1) is 13.2. The Morgan fingerprint density at radius 2 is 1.76 bits per heavy atom. The van der Waals surface area contributed by atoms with Crippen LogP contribution in [-0.2, 0) is 0 Å². The van der Waals surface area contributed by atoms with Gasteiger partial charge in [-0.05, 0) is 42.5 Å². The molecule has 0 aliphatic rings. The van der Waals surface area contributed by atoms with Gasteiger partial charge in [0, 0.05) is 0 Å². The highest BCUT2D eigenvalue weighted by atomic mass is 19.1. The van der Waals surface area contributed by atoms with Gasteiger partial charge in [0.15, 0.2) is 5.75 Å². The Morgan fingerprint density at radius 1 is 1.00 bits per heavy atom. The number of methoxy groups -OCH3 is 1. The molecule has 3 rings (SSSR count). The molecule has 2 aromatic carbocycles. The van der Waals surface area contributed by atoms with E-state index in [0.29, 0.717) is 17.2 Å². The number of halogens is 1. The van der Waals surface area contributed by atoms with Crippen molar-refractivity contribution in [3.63, 3.8) is 0 Å². The monoisotopic (exact) mass is 284 g/mol. The first-order valence-corrected chi connectivity index (χ1v) is 6.37. The van der Waals surface area contributed by atoms with Gasteiger partial charge in [0.25, 0.3) is 0 Å². The number of hydrogen-bond acceptors (Lipinski definition) is 3. The van der Waals surface area contributed by atoms with Crippen LogP contribution in [0.4, 0.5) is 4.39 Å². The van der Waals surface area contributed by atoms with E-state index in [4.69, 9.17) is 9.47 Å². The fourth-order valence-electron chi connectivity index (χ4n) is 1.90. The molecule has 1 aromatic heterocycles. The summed E-state index contributed by atoms with van der Waals surface area (Å²) in [5.41, 5.74) is 0.639. The van der Waals surface area contributed by atoms with Crippen LogP contribution in [0.5, 0.6) is 17.2 Å². The van der Waals surface area contributed by atoms with Crippen LogP contribution >= 0.6 is 0 Å². The molecule has 106 valence electrons. The maximum Gasteiger partial charge on any atom is 0.165 e. The normalized spacial score (nSPS) is 10.4. The van der Waals surface area contributed by atoms with Gasteiger partial charge < -0.3 is 9.47 Å². The van der Waals surface area contributed by atoms with E-state index in [1.165, 1.54) is 12.1 Å². The predicted molar refractivity (Wildman–Crippen MR) is 76.6 cm³/mol. The van der Waals surface area contributed by atoms with Crippen molar-refractivity contribution in [1.29, 1.82) is 0 Å². The molecule has 0 fully saturated rings. The van der Waals surface area contributed by atoms with Crippen LogP contribution in [0, 0.1) is 5.82 Å². The summed E-state index contributed by atoms with van der Waals surface area (Å²) in [5.74, 6) is 1.71. The number of nitrogens with zero attached hydrogens (tertiary/aromatic N) is 2. The van der Waals surface area contributed by atoms with E-state index in [9.17, 15) is 4.39 Å². The number of rotatable bonds is 4.